The Morgan fingerprint density at radius 3 is 2.63 bits per heavy atom. The van der Waals surface area contributed by atoms with E-state index in [-0.39, 0.29) is 0 Å². The summed E-state index contributed by atoms with van der Waals surface area (Å²) in [5.41, 5.74) is 8.68. The van der Waals surface area contributed by atoms with Crippen LogP contribution in [0.25, 0.3) is 21.9 Å². The van der Waals surface area contributed by atoms with Crippen molar-refractivity contribution in [2.45, 2.75) is 20.3 Å². The number of fused-ring (bicyclic) bond motifs is 5. The molecule has 0 saturated heterocycles. The Morgan fingerprint density at radius 2 is 1.74 bits per heavy atom. The summed E-state index contributed by atoms with van der Waals surface area (Å²) in [4.78, 5) is 0. The van der Waals surface area contributed by atoms with Crippen molar-refractivity contribution in [3.63, 3.8) is 0 Å². The van der Waals surface area contributed by atoms with Gasteiger partial charge in [0.15, 0.2) is 0 Å². The quantitative estimate of drug-likeness (QED) is 0.407. The standard InChI is InChI=1S/C19H16/c1-12-9-13(2)17-11-15-8-7-14-5-3-4-6-16(14)19(15)18(17)10-12/h3-10H,11H2,1-2H3. The maximum absolute atomic E-state index is 2.35. The van der Waals surface area contributed by atoms with Gasteiger partial charge in [-0.25, -0.2) is 0 Å². The van der Waals surface area contributed by atoms with Crippen LogP contribution in [-0.2, 0) is 6.42 Å². The second-order valence-corrected chi connectivity index (χ2v) is 5.61. The van der Waals surface area contributed by atoms with Gasteiger partial charge in [-0.15, -0.1) is 0 Å². The third-order valence-corrected chi connectivity index (χ3v) is 4.27. The summed E-state index contributed by atoms with van der Waals surface area (Å²) in [5, 5.41) is 2.73. The van der Waals surface area contributed by atoms with Crippen LogP contribution < -0.4 is 0 Å². The summed E-state index contributed by atoms with van der Waals surface area (Å²) in [6, 6.07) is 17.9. The molecule has 0 nitrogen and oxygen atoms in total. The smallest absolute Gasteiger partial charge is 0.00106 e. The molecule has 4 rings (SSSR count). The Labute approximate surface area is 113 Å². The molecule has 0 amide bonds. The molecule has 0 bridgehead atoms. The molecule has 0 fully saturated rings. The van der Waals surface area contributed by atoms with E-state index in [1.54, 1.807) is 0 Å². The molecular formula is C19H16. The predicted octanol–water partition coefficient (Wildman–Crippen LogP) is 5.03. The molecule has 0 aromatic heterocycles. The van der Waals surface area contributed by atoms with E-state index in [2.05, 4.69) is 62.4 Å². The van der Waals surface area contributed by atoms with Gasteiger partial charge in [-0.3, -0.25) is 0 Å². The zero-order valence-corrected chi connectivity index (χ0v) is 11.3. The van der Waals surface area contributed by atoms with E-state index < -0.39 is 0 Å². The molecule has 0 radical (unpaired) electrons. The highest BCUT2D eigenvalue weighted by Crippen LogP contribution is 2.42. The SMILES string of the molecule is Cc1cc(C)c2c(c1)-c1c(ccc3ccccc13)C2. The molecule has 0 N–H and O–H groups in total. The topological polar surface area (TPSA) is 0 Å². The zero-order chi connectivity index (χ0) is 13.0. The van der Waals surface area contributed by atoms with Gasteiger partial charge in [-0.2, -0.15) is 0 Å². The third-order valence-electron chi connectivity index (χ3n) is 4.27. The zero-order valence-electron chi connectivity index (χ0n) is 11.3. The van der Waals surface area contributed by atoms with Crippen molar-refractivity contribution in [2.75, 3.05) is 0 Å². The largest absolute Gasteiger partial charge is 0.0616 e. The second-order valence-electron chi connectivity index (χ2n) is 5.61. The van der Waals surface area contributed by atoms with Gasteiger partial charge >= 0.3 is 0 Å². The van der Waals surface area contributed by atoms with Gasteiger partial charge in [0.25, 0.3) is 0 Å². The molecule has 0 saturated carbocycles. The van der Waals surface area contributed by atoms with E-state index >= 15 is 0 Å². The summed E-state index contributed by atoms with van der Waals surface area (Å²) in [5.74, 6) is 0. The van der Waals surface area contributed by atoms with Crippen molar-refractivity contribution >= 4 is 10.8 Å². The summed E-state index contributed by atoms with van der Waals surface area (Å²) >= 11 is 0. The van der Waals surface area contributed by atoms with Gasteiger partial charge in [0.05, 0.1) is 0 Å². The molecule has 0 spiro atoms. The highest BCUT2D eigenvalue weighted by molar-refractivity contribution is 6.01. The van der Waals surface area contributed by atoms with Gasteiger partial charge in [0.2, 0.25) is 0 Å². The average Bonchev–Trinajstić information content (AvgIpc) is 2.78. The second kappa shape index (κ2) is 3.71. The third kappa shape index (κ3) is 1.46. The van der Waals surface area contributed by atoms with Gasteiger partial charge in [-0.1, -0.05) is 54.1 Å². The lowest BCUT2D eigenvalue weighted by Crippen LogP contribution is -1.87. The fourth-order valence-corrected chi connectivity index (χ4v) is 3.43. The molecule has 0 unspecified atom stereocenters. The van der Waals surface area contributed by atoms with Gasteiger partial charge in [0.1, 0.15) is 0 Å². The molecule has 0 aliphatic heterocycles. The van der Waals surface area contributed by atoms with Crippen LogP contribution in [-0.4, -0.2) is 0 Å². The predicted molar refractivity (Wildman–Crippen MR) is 81.7 cm³/mol. The first-order valence-electron chi connectivity index (χ1n) is 6.85. The molecule has 0 heterocycles. The minimum absolute atomic E-state index is 1.08. The minimum Gasteiger partial charge on any atom is -0.0616 e. The van der Waals surface area contributed by atoms with Crippen molar-refractivity contribution in [2.24, 2.45) is 0 Å². The van der Waals surface area contributed by atoms with Gasteiger partial charge in [0, 0.05) is 0 Å². The minimum atomic E-state index is 1.08. The molecule has 3 aromatic rings. The summed E-state index contributed by atoms with van der Waals surface area (Å²) in [7, 11) is 0. The lowest BCUT2D eigenvalue weighted by molar-refractivity contribution is 1.21. The van der Waals surface area contributed by atoms with Gasteiger partial charge in [-0.05, 0) is 58.9 Å². The van der Waals surface area contributed by atoms with Crippen molar-refractivity contribution in [1.29, 1.82) is 0 Å². The first kappa shape index (κ1) is 10.8. The first-order valence-corrected chi connectivity index (χ1v) is 6.85. The van der Waals surface area contributed by atoms with Crippen molar-refractivity contribution in [1.82, 2.24) is 0 Å². The molecule has 92 valence electrons. The summed E-state index contributed by atoms with van der Waals surface area (Å²) < 4.78 is 0. The van der Waals surface area contributed by atoms with Crippen LogP contribution in [0.1, 0.15) is 22.3 Å². The van der Waals surface area contributed by atoms with Crippen LogP contribution in [0.15, 0.2) is 48.5 Å². The molecular weight excluding hydrogens is 228 g/mol. The van der Waals surface area contributed by atoms with Crippen molar-refractivity contribution in [3.05, 3.63) is 70.8 Å². The molecule has 3 aromatic carbocycles. The Morgan fingerprint density at radius 1 is 0.895 bits per heavy atom. The number of hydrogen-bond acceptors (Lipinski definition) is 0. The number of hydrogen-bond donors (Lipinski definition) is 0. The van der Waals surface area contributed by atoms with Crippen LogP contribution in [0.4, 0.5) is 0 Å². The normalized spacial score (nSPS) is 12.5. The van der Waals surface area contributed by atoms with Gasteiger partial charge < -0.3 is 0 Å². The average molecular weight is 244 g/mol. The maximum atomic E-state index is 2.35. The highest BCUT2D eigenvalue weighted by Gasteiger charge is 2.22. The van der Waals surface area contributed by atoms with E-state index in [9.17, 15) is 0 Å². The fraction of sp³-hybridized carbons (Fsp3) is 0.158. The fourth-order valence-electron chi connectivity index (χ4n) is 3.43. The monoisotopic (exact) mass is 244 g/mol. The van der Waals surface area contributed by atoms with E-state index in [0.717, 1.165) is 6.42 Å². The Kier molecular flexibility index (Phi) is 2.11. The van der Waals surface area contributed by atoms with Crippen LogP contribution in [0, 0.1) is 13.8 Å². The van der Waals surface area contributed by atoms with Crippen LogP contribution in [0.5, 0.6) is 0 Å². The Bertz CT molecular complexity index is 810. The Balaban J connectivity index is 2.15. The molecule has 1 aliphatic carbocycles. The van der Waals surface area contributed by atoms with Crippen LogP contribution in [0.3, 0.4) is 0 Å². The van der Waals surface area contributed by atoms with E-state index in [4.69, 9.17) is 0 Å². The number of rotatable bonds is 0. The molecule has 0 heteroatoms. The first-order chi connectivity index (χ1) is 9.24. The lowest BCUT2D eigenvalue weighted by Gasteiger charge is -2.08. The molecule has 19 heavy (non-hydrogen) atoms. The van der Waals surface area contributed by atoms with E-state index in [0.29, 0.717) is 0 Å². The van der Waals surface area contributed by atoms with Crippen molar-refractivity contribution in [3.8, 4) is 11.1 Å². The van der Waals surface area contributed by atoms with Crippen molar-refractivity contribution < 1.29 is 0 Å². The summed E-state index contributed by atoms with van der Waals surface area (Å²) in [6.45, 7) is 4.43. The molecule has 1 aliphatic rings. The lowest BCUT2D eigenvalue weighted by atomic mass is 9.96. The van der Waals surface area contributed by atoms with E-state index in [1.807, 2.05) is 0 Å². The maximum Gasteiger partial charge on any atom is -0.00106 e. The highest BCUT2D eigenvalue weighted by atomic mass is 14.3. The number of benzene rings is 3. The molecule has 0 atom stereocenters. The van der Waals surface area contributed by atoms with Crippen LogP contribution >= 0.6 is 0 Å². The van der Waals surface area contributed by atoms with Crippen LogP contribution in [0.2, 0.25) is 0 Å². The van der Waals surface area contributed by atoms with E-state index in [1.165, 1.54) is 44.2 Å². The summed E-state index contributed by atoms with van der Waals surface area (Å²) in [6.07, 6.45) is 1.08. The number of aryl methyl sites for hydroxylation is 2. The Hall–Kier alpha value is -2.08.